The van der Waals surface area contributed by atoms with Gasteiger partial charge in [-0.25, -0.2) is 0 Å². The second kappa shape index (κ2) is 17.1. The average molecular weight is 442 g/mol. The molecule has 7 N–H and O–H groups in total. The Morgan fingerprint density at radius 1 is 0.938 bits per heavy atom. The zero-order valence-corrected chi connectivity index (χ0v) is 19.0. The molecule has 0 amide bonds. The van der Waals surface area contributed by atoms with Gasteiger partial charge in [-0.05, 0) is 55.8 Å². The third kappa shape index (κ3) is 11.7. The number of hydrogen-bond donors (Lipinski definition) is 4. The lowest BCUT2D eigenvalue weighted by Gasteiger charge is -2.18. The molecule has 1 atom stereocenters. The first-order valence-electron chi connectivity index (χ1n) is 11.5. The Morgan fingerprint density at radius 2 is 1.53 bits per heavy atom. The summed E-state index contributed by atoms with van der Waals surface area (Å²) in [5, 5.41) is 8.33. The molecule has 6 nitrogen and oxygen atoms in total. The van der Waals surface area contributed by atoms with Gasteiger partial charge in [0, 0.05) is 5.56 Å². The van der Waals surface area contributed by atoms with Gasteiger partial charge in [0.15, 0.2) is 0 Å². The molecule has 1 aliphatic carbocycles. The smallest absolute Gasteiger partial charge is 0.320 e. The molecule has 0 bridgehead atoms. The van der Waals surface area contributed by atoms with Crippen LogP contribution in [0.4, 0.5) is 0 Å². The normalized spacial score (nSPS) is 14.2. The number of hydrogen-bond acceptors (Lipinski definition) is 5. The van der Waals surface area contributed by atoms with Crippen LogP contribution in [0.25, 0.3) is 11.1 Å². The van der Waals surface area contributed by atoms with Gasteiger partial charge in [0.2, 0.25) is 0 Å². The van der Waals surface area contributed by atoms with Gasteiger partial charge in [0.05, 0.1) is 0 Å². The van der Waals surface area contributed by atoms with E-state index in [0.717, 1.165) is 37.2 Å². The van der Waals surface area contributed by atoms with Crippen molar-refractivity contribution in [3.8, 4) is 11.1 Å². The molecule has 32 heavy (non-hydrogen) atoms. The van der Waals surface area contributed by atoms with Crippen LogP contribution in [-0.4, -0.2) is 36.5 Å². The third-order valence-electron chi connectivity index (χ3n) is 5.50. The van der Waals surface area contributed by atoms with Crippen molar-refractivity contribution in [2.75, 3.05) is 13.1 Å². The Bertz CT molecular complexity index is 745. The third-order valence-corrected chi connectivity index (χ3v) is 5.50. The predicted octanol–water partition coefficient (Wildman–Crippen LogP) is 4.22. The summed E-state index contributed by atoms with van der Waals surface area (Å²) in [6.45, 7) is 1.52. The van der Waals surface area contributed by atoms with Crippen molar-refractivity contribution >= 4 is 12.3 Å². The number of carboxylic acids is 1. The van der Waals surface area contributed by atoms with Gasteiger partial charge in [-0.3, -0.25) is 9.59 Å². The van der Waals surface area contributed by atoms with Gasteiger partial charge in [-0.2, -0.15) is 0 Å². The van der Waals surface area contributed by atoms with Crippen LogP contribution in [-0.2, 0) is 4.79 Å². The minimum absolute atomic E-state index is 0.520. The van der Waals surface area contributed by atoms with Crippen molar-refractivity contribution in [2.45, 2.75) is 57.4 Å². The minimum atomic E-state index is -0.933. The van der Waals surface area contributed by atoms with E-state index in [9.17, 15) is 9.59 Å². The van der Waals surface area contributed by atoms with Crippen LogP contribution in [0.1, 0.15) is 61.7 Å². The van der Waals surface area contributed by atoms with Crippen molar-refractivity contribution in [3.05, 3.63) is 60.2 Å². The maximum Gasteiger partial charge on any atom is 0.320 e. The van der Waals surface area contributed by atoms with Crippen LogP contribution >= 0.6 is 0 Å². The summed E-state index contributed by atoms with van der Waals surface area (Å²) < 4.78 is 0. The van der Waals surface area contributed by atoms with E-state index in [2.05, 4.69) is 12.1 Å². The molecule has 2 aromatic carbocycles. The van der Waals surface area contributed by atoms with E-state index in [1.807, 2.05) is 42.5 Å². The minimum Gasteiger partial charge on any atom is -0.480 e. The zero-order chi connectivity index (χ0) is 23.6. The van der Waals surface area contributed by atoms with Crippen LogP contribution in [0.2, 0.25) is 0 Å². The molecule has 0 aromatic heterocycles. The number of nitrogens with two attached hydrogens (primary N) is 3. The number of carbonyl (C=O) groups excluding carboxylic acids is 1. The molecular weight excluding hydrogens is 402 g/mol. The van der Waals surface area contributed by atoms with Crippen molar-refractivity contribution in [2.24, 2.45) is 23.1 Å². The number of rotatable bonds is 8. The van der Waals surface area contributed by atoms with Gasteiger partial charge in [0.1, 0.15) is 12.3 Å². The summed E-state index contributed by atoms with van der Waals surface area (Å²) in [4.78, 5) is 20.6. The highest BCUT2D eigenvalue weighted by atomic mass is 16.4. The first-order chi connectivity index (χ1) is 15.5. The van der Waals surface area contributed by atoms with Crippen LogP contribution in [0.5, 0.6) is 0 Å². The highest BCUT2D eigenvalue weighted by molar-refractivity contribution is 5.76. The molecule has 0 spiro atoms. The van der Waals surface area contributed by atoms with Crippen LogP contribution in [0, 0.1) is 5.92 Å². The molecule has 1 saturated carbocycles. The molecule has 0 heterocycles. The molecule has 0 unspecified atom stereocenters. The summed E-state index contributed by atoms with van der Waals surface area (Å²) in [6, 6.07) is 17.0. The molecule has 1 fully saturated rings. The summed E-state index contributed by atoms with van der Waals surface area (Å²) in [5.41, 5.74) is 18.9. The first kappa shape index (κ1) is 27.5. The maximum absolute atomic E-state index is 10.5. The van der Waals surface area contributed by atoms with Gasteiger partial charge in [-0.15, -0.1) is 0 Å². The van der Waals surface area contributed by atoms with E-state index in [0.29, 0.717) is 18.5 Å². The SMILES string of the molecule is NCC1CCCCC1.NCCCC[C@H](N)C(=O)O.O=Cc1ccc(-c2ccccc2)cc1. The fraction of sp³-hybridized carbons (Fsp3) is 0.462. The van der Waals surface area contributed by atoms with E-state index in [1.165, 1.54) is 37.7 Å². The average Bonchev–Trinajstić information content (AvgIpc) is 2.86. The maximum atomic E-state index is 10.5. The Morgan fingerprint density at radius 3 is 2.00 bits per heavy atom. The van der Waals surface area contributed by atoms with Crippen LogP contribution in [0.15, 0.2) is 54.6 Å². The predicted molar refractivity (Wildman–Crippen MR) is 131 cm³/mol. The number of unbranched alkanes of at least 4 members (excludes halogenated alkanes) is 1. The molecule has 6 heteroatoms. The number of carboxylic acid groups (broad SMARTS) is 1. The van der Waals surface area contributed by atoms with Crippen molar-refractivity contribution in [1.82, 2.24) is 0 Å². The standard InChI is InChI=1S/C13H10O.C7H15N.C6H14N2O2/c14-10-11-6-8-13(9-7-11)12-4-2-1-3-5-12;8-6-7-4-2-1-3-5-7;7-4-2-1-3-5(8)6(9)10/h1-10H;7H,1-6,8H2;5H,1-4,7-8H2,(H,9,10)/t;;5-/m..0/s1. The van der Waals surface area contributed by atoms with Gasteiger partial charge in [0.25, 0.3) is 0 Å². The Kier molecular flexibility index (Phi) is 14.7. The van der Waals surface area contributed by atoms with Gasteiger partial charge >= 0.3 is 5.97 Å². The van der Waals surface area contributed by atoms with E-state index in [-0.39, 0.29) is 0 Å². The lowest BCUT2D eigenvalue weighted by Crippen LogP contribution is -2.29. The Labute approximate surface area is 192 Å². The van der Waals surface area contributed by atoms with E-state index in [1.54, 1.807) is 0 Å². The highest BCUT2D eigenvalue weighted by Crippen LogP contribution is 2.22. The van der Waals surface area contributed by atoms with Gasteiger partial charge < -0.3 is 22.3 Å². The zero-order valence-electron chi connectivity index (χ0n) is 19.0. The molecule has 0 aliphatic heterocycles. The van der Waals surface area contributed by atoms with Crippen molar-refractivity contribution in [1.29, 1.82) is 0 Å². The van der Waals surface area contributed by atoms with Crippen molar-refractivity contribution < 1.29 is 14.7 Å². The van der Waals surface area contributed by atoms with E-state index in [4.69, 9.17) is 22.3 Å². The lowest BCUT2D eigenvalue weighted by molar-refractivity contribution is -0.138. The molecule has 1 aliphatic rings. The Hall–Kier alpha value is -2.54. The largest absolute Gasteiger partial charge is 0.480 e. The van der Waals surface area contributed by atoms with Gasteiger partial charge in [-0.1, -0.05) is 80.3 Å². The molecule has 0 saturated heterocycles. The van der Waals surface area contributed by atoms with E-state index >= 15 is 0 Å². The molecule has 176 valence electrons. The summed E-state index contributed by atoms with van der Waals surface area (Å²) in [7, 11) is 0. The second-order valence-electron chi connectivity index (χ2n) is 8.07. The fourth-order valence-corrected chi connectivity index (χ4v) is 3.44. The van der Waals surface area contributed by atoms with Crippen molar-refractivity contribution in [3.63, 3.8) is 0 Å². The topological polar surface area (TPSA) is 132 Å². The highest BCUT2D eigenvalue weighted by Gasteiger charge is 2.10. The quantitative estimate of drug-likeness (QED) is 0.358. The summed E-state index contributed by atoms with van der Waals surface area (Å²) in [6.07, 6.45) is 10.1. The lowest BCUT2D eigenvalue weighted by atomic mass is 9.90. The van der Waals surface area contributed by atoms with E-state index < -0.39 is 12.0 Å². The first-order valence-corrected chi connectivity index (χ1v) is 11.5. The number of benzene rings is 2. The van der Waals surface area contributed by atoms with Crippen LogP contribution in [0.3, 0.4) is 0 Å². The summed E-state index contributed by atoms with van der Waals surface area (Å²) in [5.74, 6) is -0.0687. The Balaban J connectivity index is 0.000000252. The monoisotopic (exact) mass is 441 g/mol. The number of aliphatic carboxylic acids is 1. The number of aldehydes is 1. The second-order valence-corrected chi connectivity index (χ2v) is 8.07. The van der Waals surface area contributed by atoms with Crippen LogP contribution < -0.4 is 17.2 Å². The number of carbonyl (C=O) groups is 2. The fourth-order valence-electron chi connectivity index (χ4n) is 3.44. The molecule has 0 radical (unpaired) electrons. The molecule has 3 rings (SSSR count). The summed E-state index contributed by atoms with van der Waals surface area (Å²) >= 11 is 0. The molecular formula is C26H39N3O3. The molecule has 2 aromatic rings.